The molecule has 124 valence electrons. The van der Waals surface area contributed by atoms with Gasteiger partial charge in [0.15, 0.2) is 4.80 Å². The Kier molecular flexibility index (Phi) is 4.29. The van der Waals surface area contributed by atoms with Gasteiger partial charge in [-0.1, -0.05) is 59.3 Å². The molecule has 0 saturated heterocycles. The molecule has 0 aliphatic rings. The summed E-state index contributed by atoms with van der Waals surface area (Å²) in [6.07, 6.45) is 1.80. The Hall–Kier alpha value is -2.21. The van der Waals surface area contributed by atoms with E-state index in [9.17, 15) is 4.79 Å². The maximum atomic E-state index is 12.8. The molecule has 1 amide bonds. The number of hydrogen-bond acceptors (Lipinski definition) is 3. The largest absolute Gasteiger partial charge is 0.312 e. The minimum atomic E-state index is -0.310. The Morgan fingerprint density at radius 3 is 2.60 bits per heavy atom. The normalized spacial score (nSPS) is 12.1. The van der Waals surface area contributed by atoms with Crippen molar-refractivity contribution in [2.75, 3.05) is 0 Å². The second-order valence-corrected chi connectivity index (χ2v) is 7.85. The first-order chi connectivity index (χ1) is 12.2. The number of carbonyl (C=O) groups is 1. The zero-order valence-electron chi connectivity index (χ0n) is 13.1. The van der Waals surface area contributed by atoms with Gasteiger partial charge >= 0.3 is 0 Å². The van der Waals surface area contributed by atoms with Crippen LogP contribution >= 0.6 is 34.3 Å². The molecule has 0 unspecified atom stereocenters. The van der Waals surface area contributed by atoms with Crippen molar-refractivity contribution in [3.63, 3.8) is 0 Å². The molecule has 0 N–H and O–H groups in total. The third kappa shape index (κ3) is 2.84. The van der Waals surface area contributed by atoms with E-state index < -0.39 is 0 Å². The van der Waals surface area contributed by atoms with Crippen molar-refractivity contribution in [1.82, 2.24) is 4.57 Å². The maximum Gasteiger partial charge on any atom is 0.291 e. The zero-order valence-corrected chi connectivity index (χ0v) is 15.5. The van der Waals surface area contributed by atoms with Crippen LogP contribution < -0.4 is 4.80 Å². The van der Waals surface area contributed by atoms with E-state index in [1.807, 2.05) is 53.1 Å². The molecule has 0 atom stereocenters. The molecule has 4 aromatic rings. The van der Waals surface area contributed by atoms with Crippen molar-refractivity contribution in [3.8, 4) is 0 Å². The van der Waals surface area contributed by atoms with Gasteiger partial charge in [0.2, 0.25) is 0 Å². The number of carbonyl (C=O) groups excluding carboxylic acids is 1. The summed E-state index contributed by atoms with van der Waals surface area (Å²) < 4.78 is 4.06. The average Bonchev–Trinajstić information content (AvgIpc) is 3.14. The Morgan fingerprint density at radius 2 is 1.84 bits per heavy atom. The molecule has 0 aliphatic carbocycles. The lowest BCUT2D eigenvalue weighted by Gasteiger charge is -2.00. The Balaban J connectivity index is 1.88. The van der Waals surface area contributed by atoms with Gasteiger partial charge in [0.1, 0.15) is 4.88 Å². The highest BCUT2D eigenvalue weighted by Gasteiger charge is 2.17. The molecule has 2 aromatic carbocycles. The molecule has 4 rings (SSSR count). The number of aromatic nitrogens is 1. The van der Waals surface area contributed by atoms with Crippen LogP contribution in [0, 0.1) is 0 Å². The van der Waals surface area contributed by atoms with E-state index in [4.69, 9.17) is 11.6 Å². The molecule has 3 nitrogen and oxygen atoms in total. The van der Waals surface area contributed by atoms with Gasteiger partial charge in [0, 0.05) is 16.6 Å². The fourth-order valence-corrected chi connectivity index (χ4v) is 5.14. The molecule has 0 aliphatic heterocycles. The molecule has 6 heteroatoms. The summed E-state index contributed by atoms with van der Waals surface area (Å²) in [5.41, 5.74) is 1.04. The first kappa shape index (κ1) is 16.3. The number of rotatable bonds is 3. The van der Waals surface area contributed by atoms with Gasteiger partial charge in [0.25, 0.3) is 5.91 Å². The minimum Gasteiger partial charge on any atom is -0.312 e. The van der Waals surface area contributed by atoms with E-state index in [1.54, 1.807) is 6.08 Å². The lowest BCUT2D eigenvalue weighted by molar-refractivity contribution is 0.100. The predicted octanol–water partition coefficient (Wildman–Crippen LogP) is 5.50. The number of para-hydroxylation sites is 1. The van der Waals surface area contributed by atoms with E-state index >= 15 is 0 Å². The molecule has 2 heterocycles. The molecular weight excluding hydrogens is 372 g/mol. The van der Waals surface area contributed by atoms with E-state index in [0.717, 1.165) is 20.3 Å². The third-order valence-corrected chi connectivity index (χ3v) is 6.55. The van der Waals surface area contributed by atoms with Crippen molar-refractivity contribution < 1.29 is 4.79 Å². The second kappa shape index (κ2) is 6.59. The van der Waals surface area contributed by atoms with Gasteiger partial charge < -0.3 is 4.57 Å². The number of thiazole rings is 1. The highest BCUT2D eigenvalue weighted by atomic mass is 35.5. The number of thiophene rings is 1. The molecule has 0 radical (unpaired) electrons. The van der Waals surface area contributed by atoms with E-state index in [1.165, 1.54) is 22.7 Å². The van der Waals surface area contributed by atoms with Crippen LogP contribution in [0.3, 0.4) is 0 Å². The molecule has 25 heavy (non-hydrogen) atoms. The molecule has 2 aromatic heterocycles. The number of allylic oxidation sites excluding steroid dienone is 1. The van der Waals surface area contributed by atoms with Gasteiger partial charge in [-0.25, -0.2) is 0 Å². The first-order valence-electron chi connectivity index (χ1n) is 7.64. The molecule has 0 saturated carbocycles. The number of halogens is 1. The maximum absolute atomic E-state index is 12.8. The summed E-state index contributed by atoms with van der Waals surface area (Å²) in [5, 5.41) is 1.37. The van der Waals surface area contributed by atoms with Crippen molar-refractivity contribution in [2.45, 2.75) is 6.54 Å². The van der Waals surface area contributed by atoms with Gasteiger partial charge in [-0.05, 0) is 18.2 Å². The van der Waals surface area contributed by atoms with Crippen LogP contribution in [0.15, 0.2) is 66.2 Å². The van der Waals surface area contributed by atoms with E-state index in [-0.39, 0.29) is 5.91 Å². The Morgan fingerprint density at radius 1 is 1.12 bits per heavy atom. The van der Waals surface area contributed by atoms with E-state index in [2.05, 4.69) is 11.6 Å². The van der Waals surface area contributed by atoms with Gasteiger partial charge in [-0.2, -0.15) is 4.99 Å². The van der Waals surface area contributed by atoms with Crippen LogP contribution in [-0.2, 0) is 6.54 Å². The Bertz CT molecular complexity index is 1180. The fourth-order valence-electron chi connectivity index (χ4n) is 2.70. The van der Waals surface area contributed by atoms with Crippen LogP contribution in [0.4, 0.5) is 0 Å². The Labute approximate surface area is 157 Å². The molecule has 0 bridgehead atoms. The summed E-state index contributed by atoms with van der Waals surface area (Å²) in [5.74, 6) is -0.310. The zero-order chi connectivity index (χ0) is 17.4. The number of hydrogen-bond donors (Lipinski definition) is 0. The summed E-state index contributed by atoms with van der Waals surface area (Å²) in [6, 6.07) is 15.7. The lowest BCUT2D eigenvalue weighted by atomic mass is 10.2. The number of nitrogens with zero attached hydrogens (tertiary/aromatic N) is 2. The van der Waals surface area contributed by atoms with Crippen molar-refractivity contribution in [3.05, 3.63) is 75.9 Å². The van der Waals surface area contributed by atoms with Crippen molar-refractivity contribution in [2.24, 2.45) is 4.99 Å². The first-order valence-corrected chi connectivity index (χ1v) is 9.65. The predicted molar refractivity (Wildman–Crippen MR) is 107 cm³/mol. The van der Waals surface area contributed by atoms with Gasteiger partial charge in [0.05, 0.1) is 15.2 Å². The van der Waals surface area contributed by atoms with Crippen LogP contribution in [0.1, 0.15) is 9.67 Å². The fraction of sp³-hybridized carbons (Fsp3) is 0.0526. The molecular formula is C19H13ClN2OS2. The highest BCUT2D eigenvalue weighted by Crippen LogP contribution is 2.35. The number of benzene rings is 2. The smallest absolute Gasteiger partial charge is 0.291 e. The highest BCUT2D eigenvalue weighted by molar-refractivity contribution is 7.21. The monoisotopic (exact) mass is 384 g/mol. The summed E-state index contributed by atoms with van der Waals surface area (Å²) in [7, 11) is 0. The second-order valence-electron chi connectivity index (χ2n) is 5.41. The minimum absolute atomic E-state index is 0.310. The summed E-state index contributed by atoms with van der Waals surface area (Å²) in [4.78, 5) is 18.3. The van der Waals surface area contributed by atoms with Gasteiger partial charge in [-0.15, -0.1) is 17.9 Å². The topological polar surface area (TPSA) is 34.4 Å². The quantitative estimate of drug-likeness (QED) is 0.429. The molecule has 0 spiro atoms. The van der Waals surface area contributed by atoms with Crippen LogP contribution in [0.2, 0.25) is 5.02 Å². The SMILES string of the molecule is C=CCn1c(=NC(=O)c2sc3ccccc3c2Cl)sc2ccccc21. The van der Waals surface area contributed by atoms with Crippen LogP contribution in [-0.4, -0.2) is 10.5 Å². The number of fused-ring (bicyclic) bond motifs is 2. The van der Waals surface area contributed by atoms with Crippen molar-refractivity contribution in [1.29, 1.82) is 0 Å². The average molecular weight is 385 g/mol. The standard InChI is InChI=1S/C19H13ClN2OS2/c1-2-11-22-13-8-4-6-10-15(13)25-19(22)21-18(23)17-16(20)12-7-3-5-9-14(12)24-17/h2-10H,1,11H2. The summed E-state index contributed by atoms with van der Waals surface area (Å²) >= 11 is 9.27. The van der Waals surface area contributed by atoms with Gasteiger partial charge in [-0.3, -0.25) is 4.79 Å². The van der Waals surface area contributed by atoms with Crippen molar-refractivity contribution >= 4 is 60.5 Å². The number of amides is 1. The third-order valence-electron chi connectivity index (χ3n) is 3.83. The molecule has 0 fully saturated rings. The lowest BCUT2D eigenvalue weighted by Crippen LogP contribution is -2.16. The summed E-state index contributed by atoms with van der Waals surface area (Å²) in [6.45, 7) is 4.40. The van der Waals surface area contributed by atoms with Crippen LogP contribution in [0.25, 0.3) is 20.3 Å². The van der Waals surface area contributed by atoms with Crippen LogP contribution in [0.5, 0.6) is 0 Å². The van der Waals surface area contributed by atoms with E-state index in [0.29, 0.717) is 21.2 Å².